The van der Waals surface area contributed by atoms with Crippen LogP contribution in [0, 0.1) is 6.92 Å². The van der Waals surface area contributed by atoms with E-state index in [2.05, 4.69) is 10.1 Å². The molecule has 1 aromatic heterocycles. The normalized spacial score (nSPS) is 11.6. The molecule has 24 heavy (non-hydrogen) atoms. The van der Waals surface area contributed by atoms with Gasteiger partial charge in [0, 0.05) is 23.7 Å². The molecule has 0 spiro atoms. The van der Waals surface area contributed by atoms with Crippen LogP contribution in [0.15, 0.2) is 52.6 Å². The molecule has 2 rings (SSSR count). The molecule has 0 saturated carbocycles. The van der Waals surface area contributed by atoms with Crippen molar-refractivity contribution in [3.8, 4) is 0 Å². The largest absolute Gasteiger partial charge is 0.464 e. The van der Waals surface area contributed by atoms with E-state index in [1.807, 2.05) is 6.92 Å². The van der Waals surface area contributed by atoms with Gasteiger partial charge in [0.1, 0.15) is 0 Å². The van der Waals surface area contributed by atoms with Crippen molar-refractivity contribution in [3.05, 3.63) is 59.4 Å². The molecule has 0 aliphatic carbocycles. The molecule has 1 heterocycles. The van der Waals surface area contributed by atoms with E-state index in [4.69, 9.17) is 0 Å². The zero-order valence-corrected chi connectivity index (χ0v) is 14.1. The summed E-state index contributed by atoms with van der Waals surface area (Å²) in [7, 11) is -3.28. The third-order valence-corrected chi connectivity index (χ3v) is 4.31. The number of benzene rings is 1. The predicted molar refractivity (Wildman–Crippen MR) is 89.7 cm³/mol. The first kappa shape index (κ1) is 17.6. The number of hydrogen-bond donors (Lipinski definition) is 1. The van der Waals surface area contributed by atoms with E-state index in [0.29, 0.717) is 11.1 Å². The minimum Gasteiger partial charge on any atom is -0.464 e. The predicted octanol–water partition coefficient (Wildman–Crippen LogP) is 2.31. The van der Waals surface area contributed by atoms with Crippen molar-refractivity contribution < 1.29 is 18.3 Å². The summed E-state index contributed by atoms with van der Waals surface area (Å²) < 4.78 is 22.8. The van der Waals surface area contributed by atoms with Gasteiger partial charge in [-0.05, 0) is 30.7 Å². The van der Waals surface area contributed by atoms with Crippen molar-refractivity contribution in [2.24, 2.45) is 5.10 Å². The summed E-state index contributed by atoms with van der Waals surface area (Å²) in [6.45, 7) is 1.86. The second kappa shape index (κ2) is 7.22. The van der Waals surface area contributed by atoms with Gasteiger partial charge in [-0.15, -0.1) is 0 Å². The molecule has 1 amide bonds. The van der Waals surface area contributed by atoms with E-state index in [1.54, 1.807) is 30.5 Å². The number of sulfone groups is 1. The van der Waals surface area contributed by atoms with Crippen LogP contribution in [0.25, 0.3) is 0 Å². The number of rotatable bonds is 5. The molecular formula is C16H17N3O4S. The molecule has 126 valence electrons. The molecule has 0 unspecified atom stereocenters. The van der Waals surface area contributed by atoms with Crippen LogP contribution in [0.5, 0.6) is 0 Å². The van der Waals surface area contributed by atoms with Crippen LogP contribution in [0.1, 0.15) is 16.8 Å². The van der Waals surface area contributed by atoms with Crippen LogP contribution >= 0.6 is 0 Å². The average Bonchev–Trinajstić information content (AvgIpc) is 2.52. The number of hydrogen-bond acceptors (Lipinski definition) is 5. The maximum Gasteiger partial charge on any atom is 0.428 e. The lowest BCUT2D eigenvalue weighted by Gasteiger charge is -2.13. The Labute approximate surface area is 140 Å². The Balaban J connectivity index is 2.14. The molecule has 7 nitrogen and oxygen atoms in total. The van der Waals surface area contributed by atoms with Gasteiger partial charge in [0.15, 0.2) is 9.84 Å². The van der Waals surface area contributed by atoms with Crippen molar-refractivity contribution >= 4 is 22.1 Å². The monoisotopic (exact) mass is 347 g/mol. The molecule has 0 atom stereocenters. The van der Waals surface area contributed by atoms with Gasteiger partial charge in [-0.25, -0.2) is 13.2 Å². The van der Waals surface area contributed by atoms with Crippen LogP contribution < -0.4 is 0 Å². The highest BCUT2D eigenvalue weighted by Gasteiger charge is 2.12. The van der Waals surface area contributed by atoms with Crippen molar-refractivity contribution in [2.45, 2.75) is 18.4 Å². The smallest absolute Gasteiger partial charge is 0.428 e. The van der Waals surface area contributed by atoms with Crippen LogP contribution in [0.2, 0.25) is 0 Å². The molecule has 2 aromatic rings. The number of amides is 1. The third-order valence-electron chi connectivity index (χ3n) is 3.19. The average molecular weight is 347 g/mol. The number of carboxylic acid groups (broad SMARTS) is 1. The van der Waals surface area contributed by atoms with Gasteiger partial charge in [0.2, 0.25) is 0 Å². The number of pyridine rings is 1. The lowest BCUT2D eigenvalue weighted by atomic mass is 10.2. The summed E-state index contributed by atoms with van der Waals surface area (Å²) in [5, 5.41) is 14.1. The summed E-state index contributed by atoms with van der Waals surface area (Å²) in [6.07, 6.45) is 2.91. The maximum absolute atomic E-state index is 11.4. The van der Waals surface area contributed by atoms with E-state index >= 15 is 0 Å². The second-order valence-corrected chi connectivity index (χ2v) is 7.25. The van der Waals surface area contributed by atoms with Gasteiger partial charge in [-0.3, -0.25) is 4.98 Å². The summed E-state index contributed by atoms with van der Waals surface area (Å²) >= 11 is 0. The Morgan fingerprint density at radius 3 is 2.42 bits per heavy atom. The number of carbonyl (C=O) groups is 1. The van der Waals surface area contributed by atoms with Crippen molar-refractivity contribution in [1.29, 1.82) is 0 Å². The highest BCUT2D eigenvalue weighted by molar-refractivity contribution is 7.90. The van der Waals surface area contributed by atoms with Crippen LogP contribution in [0.3, 0.4) is 0 Å². The molecule has 0 bridgehead atoms. The fraction of sp³-hybridized carbons (Fsp3) is 0.188. The van der Waals surface area contributed by atoms with Gasteiger partial charge < -0.3 is 5.11 Å². The molecule has 0 fully saturated rings. The number of aromatic nitrogens is 1. The fourth-order valence-electron chi connectivity index (χ4n) is 1.86. The first-order valence-corrected chi connectivity index (χ1v) is 8.91. The van der Waals surface area contributed by atoms with Gasteiger partial charge in [0.05, 0.1) is 17.7 Å². The Morgan fingerprint density at radius 1 is 1.25 bits per heavy atom. The summed E-state index contributed by atoms with van der Waals surface area (Å²) in [5.74, 6) is 0. The zero-order chi connectivity index (χ0) is 17.7. The van der Waals surface area contributed by atoms with Crippen molar-refractivity contribution in [1.82, 2.24) is 9.99 Å². The Morgan fingerprint density at radius 2 is 1.92 bits per heavy atom. The highest BCUT2D eigenvalue weighted by Crippen LogP contribution is 2.12. The fourth-order valence-corrected chi connectivity index (χ4v) is 2.50. The van der Waals surface area contributed by atoms with Gasteiger partial charge >= 0.3 is 6.09 Å². The van der Waals surface area contributed by atoms with Gasteiger partial charge in [-0.1, -0.05) is 18.2 Å². The number of nitrogens with zero attached hydrogens (tertiary/aromatic N) is 3. The van der Waals surface area contributed by atoms with Crippen LogP contribution in [-0.4, -0.2) is 42.1 Å². The Kier molecular flexibility index (Phi) is 5.30. The molecular weight excluding hydrogens is 330 g/mol. The maximum atomic E-state index is 11.4. The number of aryl methyl sites for hydroxylation is 1. The molecule has 0 aliphatic rings. The Hall–Kier alpha value is -2.74. The highest BCUT2D eigenvalue weighted by atomic mass is 32.2. The molecule has 0 radical (unpaired) electrons. The minimum atomic E-state index is -3.28. The SMILES string of the molecule is Cc1ccc(C=NN(Cc2ccc(S(C)(=O)=O)cc2)C(=O)O)cn1. The molecule has 0 aliphatic heterocycles. The summed E-state index contributed by atoms with van der Waals surface area (Å²) in [5.41, 5.74) is 2.16. The second-order valence-electron chi connectivity index (χ2n) is 5.23. The lowest BCUT2D eigenvalue weighted by molar-refractivity contribution is 0.144. The quantitative estimate of drug-likeness (QED) is 0.661. The first-order valence-electron chi connectivity index (χ1n) is 7.02. The minimum absolute atomic E-state index is 0.00909. The zero-order valence-electron chi connectivity index (χ0n) is 13.2. The first-order chi connectivity index (χ1) is 11.3. The third kappa shape index (κ3) is 4.88. The van der Waals surface area contributed by atoms with E-state index in [-0.39, 0.29) is 11.4 Å². The van der Waals surface area contributed by atoms with Crippen LogP contribution in [-0.2, 0) is 16.4 Å². The lowest BCUT2D eigenvalue weighted by Crippen LogP contribution is -2.23. The van der Waals surface area contributed by atoms with E-state index in [9.17, 15) is 18.3 Å². The Bertz CT molecular complexity index is 844. The van der Waals surface area contributed by atoms with E-state index in [1.165, 1.54) is 18.3 Å². The summed E-state index contributed by atoms with van der Waals surface area (Å²) in [4.78, 5) is 15.6. The van der Waals surface area contributed by atoms with Gasteiger partial charge in [0.25, 0.3) is 0 Å². The van der Waals surface area contributed by atoms with Crippen molar-refractivity contribution in [3.63, 3.8) is 0 Å². The van der Waals surface area contributed by atoms with E-state index in [0.717, 1.165) is 17.0 Å². The molecule has 0 saturated heterocycles. The molecule has 1 aromatic carbocycles. The topological polar surface area (TPSA) is 99.9 Å². The summed E-state index contributed by atoms with van der Waals surface area (Å²) in [6, 6.07) is 9.60. The number of hydrazone groups is 1. The molecule has 8 heteroatoms. The van der Waals surface area contributed by atoms with Crippen molar-refractivity contribution in [2.75, 3.05) is 6.26 Å². The van der Waals surface area contributed by atoms with Gasteiger partial charge in [-0.2, -0.15) is 10.1 Å². The molecule has 1 N–H and O–H groups in total. The standard InChI is InChI=1S/C16H17N3O4S/c1-12-3-4-14(9-17-12)10-18-19(16(20)21)11-13-5-7-15(8-6-13)24(2,22)23/h3-10H,11H2,1-2H3,(H,20,21). The van der Waals surface area contributed by atoms with E-state index < -0.39 is 15.9 Å². The van der Waals surface area contributed by atoms with Crippen LogP contribution in [0.4, 0.5) is 4.79 Å².